The highest BCUT2D eigenvalue weighted by Crippen LogP contribution is 2.13. The van der Waals surface area contributed by atoms with Gasteiger partial charge in [0, 0.05) is 24.1 Å². The molecule has 0 saturated carbocycles. The van der Waals surface area contributed by atoms with Crippen LogP contribution in [0.5, 0.6) is 0 Å². The average molecular weight is 339 g/mol. The van der Waals surface area contributed by atoms with Crippen LogP contribution in [0.2, 0.25) is 0 Å². The number of rotatable bonds is 4. The predicted octanol–water partition coefficient (Wildman–Crippen LogP) is 3.33. The van der Waals surface area contributed by atoms with E-state index in [9.17, 15) is 4.79 Å². The van der Waals surface area contributed by atoms with Crippen molar-refractivity contribution in [1.29, 1.82) is 0 Å². The summed E-state index contributed by atoms with van der Waals surface area (Å²) in [5.41, 5.74) is 1.19. The first-order valence-electron chi connectivity index (χ1n) is 7.43. The molecule has 4 heteroatoms. The molecule has 1 aromatic rings. The van der Waals surface area contributed by atoms with Crippen LogP contribution in [0.15, 0.2) is 28.7 Å². The molecule has 1 amide bonds. The lowest BCUT2D eigenvalue weighted by molar-refractivity contribution is -0.133. The van der Waals surface area contributed by atoms with Crippen LogP contribution in [0, 0.1) is 0 Å². The van der Waals surface area contributed by atoms with Crippen LogP contribution < -0.4 is 5.32 Å². The first-order valence-corrected chi connectivity index (χ1v) is 8.23. The van der Waals surface area contributed by atoms with Gasteiger partial charge in [-0.2, -0.15) is 0 Å². The van der Waals surface area contributed by atoms with Crippen molar-refractivity contribution in [1.82, 2.24) is 10.2 Å². The number of amides is 1. The second kappa shape index (κ2) is 7.79. The Hall–Kier alpha value is -0.870. The summed E-state index contributed by atoms with van der Waals surface area (Å²) in [4.78, 5) is 14.4. The van der Waals surface area contributed by atoms with Crippen LogP contribution in [0.3, 0.4) is 0 Å². The molecule has 1 aliphatic heterocycles. The first kappa shape index (κ1) is 15.5. The molecule has 3 nitrogen and oxygen atoms in total. The molecule has 20 heavy (non-hydrogen) atoms. The number of hydrogen-bond donors (Lipinski definition) is 1. The highest BCUT2D eigenvalue weighted by Gasteiger charge is 2.20. The van der Waals surface area contributed by atoms with Gasteiger partial charge in [0.05, 0.1) is 6.04 Å². The zero-order valence-electron chi connectivity index (χ0n) is 12.1. The Balaban J connectivity index is 1.84. The fraction of sp³-hybridized carbons (Fsp3) is 0.562. The van der Waals surface area contributed by atoms with Gasteiger partial charge in [0.15, 0.2) is 0 Å². The van der Waals surface area contributed by atoms with Crippen LogP contribution in [0.25, 0.3) is 0 Å². The average Bonchev–Trinajstić information content (AvgIpc) is 2.73. The monoisotopic (exact) mass is 338 g/mol. The standard InChI is InChI=1S/C16H23BrN2O/c1-13(16(20)19-9-4-2-3-5-10-19)18-12-14-7-6-8-15(17)11-14/h6-8,11,13,18H,2-5,9-10,12H2,1H3. The van der Waals surface area contributed by atoms with Crippen molar-refractivity contribution in [2.75, 3.05) is 13.1 Å². The third kappa shape index (κ3) is 4.60. The Kier molecular flexibility index (Phi) is 6.05. The Labute approximate surface area is 129 Å². The van der Waals surface area contributed by atoms with Crippen LogP contribution in [0.4, 0.5) is 0 Å². The number of likely N-dealkylation sites (tertiary alicyclic amines) is 1. The Morgan fingerprint density at radius 3 is 2.65 bits per heavy atom. The van der Waals surface area contributed by atoms with Crippen molar-refractivity contribution >= 4 is 21.8 Å². The number of nitrogens with zero attached hydrogens (tertiary/aromatic N) is 1. The second-order valence-electron chi connectivity index (χ2n) is 5.47. The summed E-state index contributed by atoms with van der Waals surface area (Å²) in [6.07, 6.45) is 4.79. The van der Waals surface area contributed by atoms with Gasteiger partial charge >= 0.3 is 0 Å². The first-order chi connectivity index (χ1) is 9.66. The van der Waals surface area contributed by atoms with E-state index in [1.54, 1.807) is 0 Å². The highest BCUT2D eigenvalue weighted by atomic mass is 79.9. The topological polar surface area (TPSA) is 32.3 Å². The molecule has 2 rings (SSSR count). The molecule has 1 atom stereocenters. The Morgan fingerprint density at radius 2 is 2.00 bits per heavy atom. The summed E-state index contributed by atoms with van der Waals surface area (Å²) in [6.45, 7) is 4.52. The number of carbonyl (C=O) groups is 1. The number of carbonyl (C=O) groups excluding carboxylic acids is 1. The minimum Gasteiger partial charge on any atom is -0.341 e. The third-order valence-corrected chi connectivity index (χ3v) is 4.28. The molecule has 0 radical (unpaired) electrons. The van der Waals surface area contributed by atoms with E-state index >= 15 is 0 Å². The van der Waals surface area contributed by atoms with E-state index in [1.807, 2.05) is 24.0 Å². The molecule has 1 aliphatic rings. The van der Waals surface area contributed by atoms with Gasteiger partial charge in [-0.1, -0.05) is 40.9 Å². The van der Waals surface area contributed by atoms with Gasteiger partial charge in [0.2, 0.25) is 5.91 Å². The minimum absolute atomic E-state index is 0.118. The molecule has 0 spiro atoms. The molecular weight excluding hydrogens is 316 g/mol. The van der Waals surface area contributed by atoms with Gasteiger partial charge in [-0.25, -0.2) is 0 Å². The fourth-order valence-corrected chi connectivity index (χ4v) is 3.02. The van der Waals surface area contributed by atoms with E-state index < -0.39 is 0 Å². The lowest BCUT2D eigenvalue weighted by Crippen LogP contribution is -2.45. The lowest BCUT2D eigenvalue weighted by Gasteiger charge is -2.24. The molecular formula is C16H23BrN2O. The zero-order valence-corrected chi connectivity index (χ0v) is 13.7. The van der Waals surface area contributed by atoms with E-state index in [2.05, 4.69) is 33.4 Å². The largest absolute Gasteiger partial charge is 0.341 e. The van der Waals surface area contributed by atoms with Crippen LogP contribution in [-0.2, 0) is 11.3 Å². The van der Waals surface area contributed by atoms with E-state index in [4.69, 9.17) is 0 Å². The van der Waals surface area contributed by atoms with E-state index in [1.165, 1.54) is 18.4 Å². The van der Waals surface area contributed by atoms with E-state index in [-0.39, 0.29) is 11.9 Å². The van der Waals surface area contributed by atoms with Gasteiger partial charge in [-0.05, 0) is 37.5 Å². The van der Waals surface area contributed by atoms with Crippen molar-refractivity contribution in [3.05, 3.63) is 34.3 Å². The smallest absolute Gasteiger partial charge is 0.239 e. The molecule has 110 valence electrons. The molecule has 1 heterocycles. The molecule has 1 saturated heterocycles. The summed E-state index contributed by atoms with van der Waals surface area (Å²) in [7, 11) is 0. The zero-order chi connectivity index (χ0) is 14.4. The summed E-state index contributed by atoms with van der Waals surface area (Å²) in [6, 6.07) is 8.06. The van der Waals surface area contributed by atoms with E-state index in [0.717, 1.165) is 36.9 Å². The Bertz CT molecular complexity index is 442. The number of benzene rings is 1. The van der Waals surface area contributed by atoms with Gasteiger partial charge in [-0.3, -0.25) is 4.79 Å². The molecule has 0 bridgehead atoms. The van der Waals surface area contributed by atoms with Crippen molar-refractivity contribution < 1.29 is 4.79 Å². The highest BCUT2D eigenvalue weighted by molar-refractivity contribution is 9.10. The number of halogens is 1. The molecule has 1 unspecified atom stereocenters. The quantitative estimate of drug-likeness (QED) is 0.913. The molecule has 1 aromatic carbocycles. The molecule has 0 aromatic heterocycles. The molecule has 1 N–H and O–H groups in total. The third-order valence-electron chi connectivity index (χ3n) is 3.79. The van der Waals surface area contributed by atoms with Crippen LogP contribution in [0.1, 0.15) is 38.2 Å². The maximum absolute atomic E-state index is 12.4. The fourth-order valence-electron chi connectivity index (χ4n) is 2.57. The summed E-state index contributed by atoms with van der Waals surface area (Å²) < 4.78 is 1.07. The van der Waals surface area contributed by atoms with Crippen LogP contribution in [-0.4, -0.2) is 29.9 Å². The molecule has 0 aliphatic carbocycles. The number of nitrogens with one attached hydrogen (secondary N) is 1. The van der Waals surface area contributed by atoms with Crippen molar-refractivity contribution in [3.63, 3.8) is 0 Å². The maximum Gasteiger partial charge on any atom is 0.239 e. The van der Waals surface area contributed by atoms with Gasteiger partial charge < -0.3 is 10.2 Å². The minimum atomic E-state index is -0.118. The predicted molar refractivity (Wildman–Crippen MR) is 85.5 cm³/mol. The number of hydrogen-bond acceptors (Lipinski definition) is 2. The summed E-state index contributed by atoms with van der Waals surface area (Å²) in [5.74, 6) is 0.238. The normalized spacial score (nSPS) is 17.6. The van der Waals surface area contributed by atoms with Gasteiger partial charge in [-0.15, -0.1) is 0 Å². The maximum atomic E-state index is 12.4. The Morgan fingerprint density at radius 1 is 1.30 bits per heavy atom. The van der Waals surface area contributed by atoms with Crippen molar-refractivity contribution in [2.45, 2.75) is 45.2 Å². The van der Waals surface area contributed by atoms with Crippen molar-refractivity contribution in [3.8, 4) is 0 Å². The SMILES string of the molecule is CC(NCc1cccc(Br)c1)C(=O)N1CCCCCC1. The van der Waals surface area contributed by atoms with Crippen LogP contribution >= 0.6 is 15.9 Å². The van der Waals surface area contributed by atoms with E-state index in [0.29, 0.717) is 0 Å². The van der Waals surface area contributed by atoms with Crippen molar-refractivity contribution in [2.24, 2.45) is 0 Å². The second-order valence-corrected chi connectivity index (χ2v) is 6.39. The molecule has 1 fully saturated rings. The summed E-state index contributed by atoms with van der Waals surface area (Å²) >= 11 is 3.47. The summed E-state index contributed by atoms with van der Waals surface area (Å²) in [5, 5.41) is 3.33. The lowest BCUT2D eigenvalue weighted by atomic mass is 10.2. The van der Waals surface area contributed by atoms with Gasteiger partial charge in [0.1, 0.15) is 0 Å². The van der Waals surface area contributed by atoms with Gasteiger partial charge in [0.25, 0.3) is 0 Å².